The second-order valence-corrected chi connectivity index (χ2v) is 8.07. The number of esters is 1. The van der Waals surface area contributed by atoms with Gasteiger partial charge in [0.2, 0.25) is 0 Å². The molecule has 2 aromatic rings. The highest BCUT2D eigenvalue weighted by molar-refractivity contribution is 7.16. The molecule has 0 aliphatic heterocycles. The third-order valence-electron chi connectivity index (χ3n) is 4.99. The summed E-state index contributed by atoms with van der Waals surface area (Å²) in [6.07, 6.45) is 4.58. The molecule has 0 bridgehead atoms. The first-order valence-electron chi connectivity index (χ1n) is 8.58. The summed E-state index contributed by atoms with van der Waals surface area (Å²) in [5, 5.41) is 2.39. The molecule has 6 heteroatoms. The lowest BCUT2D eigenvalue weighted by Crippen LogP contribution is -2.37. The number of rotatable bonds is 4. The predicted molar refractivity (Wildman–Crippen MR) is 95.1 cm³/mol. The molecule has 1 aliphatic carbocycles. The van der Waals surface area contributed by atoms with E-state index in [2.05, 4.69) is 25.8 Å². The van der Waals surface area contributed by atoms with Gasteiger partial charge < -0.3 is 4.74 Å². The molecule has 0 aromatic carbocycles. The van der Waals surface area contributed by atoms with Crippen molar-refractivity contribution in [1.29, 1.82) is 0 Å². The van der Waals surface area contributed by atoms with E-state index in [1.54, 1.807) is 6.07 Å². The van der Waals surface area contributed by atoms with Crippen LogP contribution in [0.25, 0.3) is 10.2 Å². The van der Waals surface area contributed by atoms with Crippen molar-refractivity contribution in [2.45, 2.75) is 52.7 Å². The van der Waals surface area contributed by atoms with Crippen LogP contribution in [0.15, 0.2) is 22.6 Å². The number of aromatic nitrogens is 2. The highest BCUT2D eigenvalue weighted by atomic mass is 32.1. The van der Waals surface area contributed by atoms with Crippen LogP contribution in [0, 0.1) is 17.8 Å². The van der Waals surface area contributed by atoms with Crippen molar-refractivity contribution in [3.8, 4) is 0 Å². The molecule has 0 saturated heterocycles. The van der Waals surface area contributed by atoms with Crippen molar-refractivity contribution in [2.24, 2.45) is 17.8 Å². The average molecular weight is 348 g/mol. The van der Waals surface area contributed by atoms with Gasteiger partial charge in [-0.05, 0) is 42.0 Å². The van der Waals surface area contributed by atoms with E-state index in [4.69, 9.17) is 4.74 Å². The van der Waals surface area contributed by atoms with E-state index >= 15 is 0 Å². The van der Waals surface area contributed by atoms with Gasteiger partial charge in [0.15, 0.2) is 0 Å². The molecule has 0 amide bonds. The Labute approximate surface area is 145 Å². The van der Waals surface area contributed by atoms with Crippen LogP contribution in [-0.4, -0.2) is 21.6 Å². The van der Waals surface area contributed by atoms with Gasteiger partial charge in [0.25, 0.3) is 5.56 Å². The van der Waals surface area contributed by atoms with Gasteiger partial charge in [-0.1, -0.05) is 27.2 Å². The summed E-state index contributed by atoms with van der Waals surface area (Å²) in [7, 11) is 0. The van der Waals surface area contributed by atoms with Crippen LogP contribution in [0.1, 0.15) is 40.0 Å². The van der Waals surface area contributed by atoms with Crippen LogP contribution in [0.3, 0.4) is 0 Å². The van der Waals surface area contributed by atoms with E-state index in [-0.39, 0.29) is 24.2 Å². The van der Waals surface area contributed by atoms with Crippen LogP contribution in [0.4, 0.5) is 0 Å². The first-order chi connectivity index (χ1) is 11.5. The summed E-state index contributed by atoms with van der Waals surface area (Å²) in [5.41, 5.74) is -0.185. The maximum Gasteiger partial charge on any atom is 0.326 e. The number of hydrogen-bond donors (Lipinski definition) is 0. The van der Waals surface area contributed by atoms with Crippen LogP contribution >= 0.6 is 11.3 Å². The molecule has 0 spiro atoms. The molecule has 2 heterocycles. The van der Waals surface area contributed by atoms with Crippen molar-refractivity contribution in [3.63, 3.8) is 0 Å². The third-order valence-corrected chi connectivity index (χ3v) is 5.81. The normalized spacial score (nSPS) is 24.4. The first kappa shape index (κ1) is 17.1. The van der Waals surface area contributed by atoms with Gasteiger partial charge in [0, 0.05) is 0 Å². The lowest BCUT2D eigenvalue weighted by Gasteiger charge is -2.36. The smallest absolute Gasteiger partial charge is 0.326 e. The largest absolute Gasteiger partial charge is 0.461 e. The average Bonchev–Trinajstić information content (AvgIpc) is 2.99. The monoisotopic (exact) mass is 348 g/mol. The lowest BCUT2D eigenvalue weighted by atomic mass is 9.75. The molecule has 130 valence electrons. The quantitative estimate of drug-likeness (QED) is 0.794. The number of ether oxygens (including phenoxy) is 1. The standard InChI is InChI=1S/C18H24N2O3S/c1-11(2)13-5-4-12(3)8-15(13)23-16(21)9-20-10-19-17-14(18(20)22)6-7-24-17/h6-7,10-13,15H,4-5,8-9H2,1-3H3. The van der Waals surface area contributed by atoms with E-state index in [1.165, 1.54) is 28.7 Å². The Hall–Kier alpha value is -1.69. The van der Waals surface area contributed by atoms with Crippen LogP contribution in [0.5, 0.6) is 0 Å². The van der Waals surface area contributed by atoms with Gasteiger partial charge >= 0.3 is 5.97 Å². The Kier molecular flexibility index (Phi) is 5.04. The Bertz CT molecular complexity index is 780. The van der Waals surface area contributed by atoms with Gasteiger partial charge in [-0.25, -0.2) is 4.98 Å². The lowest BCUT2D eigenvalue weighted by molar-refractivity contribution is -0.156. The Balaban J connectivity index is 1.71. The fourth-order valence-corrected chi connectivity index (χ4v) is 4.32. The van der Waals surface area contributed by atoms with Gasteiger partial charge in [0.1, 0.15) is 17.5 Å². The molecular formula is C18H24N2O3S. The zero-order chi connectivity index (χ0) is 17.3. The van der Waals surface area contributed by atoms with Crippen LogP contribution < -0.4 is 5.56 Å². The van der Waals surface area contributed by atoms with Crippen molar-refractivity contribution >= 4 is 27.5 Å². The summed E-state index contributed by atoms with van der Waals surface area (Å²) < 4.78 is 7.11. The maximum atomic E-state index is 12.4. The van der Waals surface area contributed by atoms with Crippen molar-refractivity contribution in [3.05, 3.63) is 28.1 Å². The van der Waals surface area contributed by atoms with Crippen LogP contribution in [-0.2, 0) is 16.1 Å². The molecule has 1 saturated carbocycles. The second kappa shape index (κ2) is 7.05. The topological polar surface area (TPSA) is 61.2 Å². The van der Waals surface area contributed by atoms with E-state index in [9.17, 15) is 9.59 Å². The van der Waals surface area contributed by atoms with Gasteiger partial charge in [-0.3, -0.25) is 14.2 Å². The Morgan fingerprint density at radius 1 is 1.46 bits per heavy atom. The Morgan fingerprint density at radius 2 is 2.25 bits per heavy atom. The van der Waals surface area contributed by atoms with Crippen LogP contribution in [0.2, 0.25) is 0 Å². The highest BCUT2D eigenvalue weighted by Gasteiger charge is 2.33. The number of hydrogen-bond acceptors (Lipinski definition) is 5. The molecule has 1 aliphatic rings. The van der Waals surface area contributed by atoms with Crippen molar-refractivity contribution in [1.82, 2.24) is 9.55 Å². The van der Waals surface area contributed by atoms with E-state index in [1.807, 2.05) is 5.38 Å². The molecule has 3 atom stereocenters. The van der Waals surface area contributed by atoms with Gasteiger partial charge in [0.05, 0.1) is 11.7 Å². The highest BCUT2D eigenvalue weighted by Crippen LogP contribution is 2.35. The molecular weight excluding hydrogens is 324 g/mol. The van der Waals surface area contributed by atoms with E-state index in [0.29, 0.717) is 28.0 Å². The molecule has 2 aromatic heterocycles. The number of thiophene rings is 1. The molecule has 24 heavy (non-hydrogen) atoms. The molecule has 3 unspecified atom stereocenters. The summed E-state index contributed by atoms with van der Waals surface area (Å²) >= 11 is 1.42. The van der Waals surface area contributed by atoms with E-state index in [0.717, 1.165) is 12.8 Å². The number of carbonyl (C=O) groups is 1. The third kappa shape index (κ3) is 3.53. The first-order valence-corrected chi connectivity index (χ1v) is 9.45. The number of carbonyl (C=O) groups excluding carboxylic acids is 1. The zero-order valence-electron chi connectivity index (χ0n) is 14.4. The number of fused-ring (bicyclic) bond motifs is 1. The predicted octanol–water partition coefficient (Wildman–Crippen LogP) is 3.46. The van der Waals surface area contributed by atoms with Crippen molar-refractivity contribution < 1.29 is 9.53 Å². The second-order valence-electron chi connectivity index (χ2n) is 7.17. The molecule has 3 rings (SSSR count). The minimum absolute atomic E-state index is 0.0465. The zero-order valence-corrected chi connectivity index (χ0v) is 15.2. The molecule has 1 fully saturated rings. The molecule has 5 nitrogen and oxygen atoms in total. The summed E-state index contributed by atoms with van der Waals surface area (Å²) in [4.78, 5) is 29.7. The fraction of sp³-hybridized carbons (Fsp3) is 0.611. The maximum absolute atomic E-state index is 12.4. The molecule has 0 radical (unpaired) electrons. The number of nitrogens with zero attached hydrogens (tertiary/aromatic N) is 2. The minimum atomic E-state index is -0.349. The van der Waals surface area contributed by atoms with Crippen molar-refractivity contribution in [2.75, 3.05) is 0 Å². The Morgan fingerprint density at radius 3 is 3.00 bits per heavy atom. The molecule has 0 N–H and O–H groups in total. The summed E-state index contributed by atoms with van der Waals surface area (Å²) in [6, 6.07) is 1.74. The minimum Gasteiger partial charge on any atom is -0.461 e. The summed E-state index contributed by atoms with van der Waals surface area (Å²) in [6.45, 7) is 6.49. The SMILES string of the molecule is CC1CCC(C(C)C)C(OC(=O)Cn2cnc3sccc3c2=O)C1. The van der Waals surface area contributed by atoms with Gasteiger partial charge in [-0.2, -0.15) is 0 Å². The van der Waals surface area contributed by atoms with Gasteiger partial charge in [-0.15, -0.1) is 11.3 Å². The fourth-order valence-electron chi connectivity index (χ4n) is 3.60. The van der Waals surface area contributed by atoms with E-state index < -0.39 is 0 Å². The summed E-state index contributed by atoms with van der Waals surface area (Å²) in [5.74, 6) is 1.11.